The molecule has 7 aromatic heterocycles. The van der Waals surface area contributed by atoms with Crippen LogP contribution in [0.2, 0.25) is 0 Å². The van der Waals surface area contributed by atoms with Gasteiger partial charge in [-0.3, -0.25) is 34.1 Å². The number of aromatic nitrogens is 11. The Balaban J connectivity index is 0.000000142. The van der Waals surface area contributed by atoms with E-state index in [1.165, 1.54) is 45.3 Å². The van der Waals surface area contributed by atoms with E-state index in [4.69, 9.17) is 46.6 Å². The molecule has 0 aromatic carbocycles. The number of anilines is 8. The molecule has 0 amide bonds. The van der Waals surface area contributed by atoms with Crippen molar-refractivity contribution in [2.45, 2.75) is 177 Å². The SMILES string of the molecule is CCCCOc1nc(N)c2c(n1)N(CCC1CCN(CC3CC3)CC1)CC(=O)C2.CCCCOc1nc(N)c2c(n1)N(Cc1ccc(C)nc1)CC(=O)C2.CCC[C@H](C)Oc1nc(N)c2c(n1)N(Cc1ccc(C)nc1)CC(=O)C2.Cc1ccc(CN2CC(=O)Cc3c(N)nc(OCC4CCOC4)nc32)cn1. The van der Waals surface area contributed by atoms with Crippen molar-refractivity contribution in [1.29, 1.82) is 0 Å². The molecule has 3 fully saturated rings. The lowest BCUT2D eigenvalue weighted by Crippen LogP contribution is -2.40. The largest absolute Gasteiger partial charge is 0.463 e. The number of hydrogen-bond acceptors (Lipinski definition) is 29. The number of pyridine rings is 3. The lowest BCUT2D eigenvalue weighted by molar-refractivity contribution is -0.118. The van der Waals surface area contributed by atoms with Gasteiger partial charge >= 0.3 is 24.0 Å². The molecule has 1 aliphatic carbocycles. The summed E-state index contributed by atoms with van der Waals surface area (Å²) in [5.74, 6) is 6.67. The fourth-order valence-corrected chi connectivity index (χ4v) is 13.7. The van der Waals surface area contributed by atoms with E-state index in [0.717, 1.165) is 122 Å². The second kappa shape index (κ2) is 37.5. The number of Topliss-reactive ketones (excluding diaryl/α,β-unsaturated/α-hetero) is 4. The van der Waals surface area contributed by atoms with Gasteiger partial charge in [0.1, 0.15) is 46.5 Å². The summed E-state index contributed by atoms with van der Waals surface area (Å²) in [4.78, 5) is 107. The highest BCUT2D eigenvalue weighted by atomic mass is 16.5. The zero-order valence-corrected chi connectivity index (χ0v) is 63.3. The number of ether oxygens (including phenoxy) is 5. The molecule has 0 spiro atoms. The molecule has 1 saturated carbocycles. The lowest BCUT2D eigenvalue weighted by Gasteiger charge is -2.34. The lowest BCUT2D eigenvalue weighted by atomic mass is 9.92. The zero-order valence-electron chi connectivity index (χ0n) is 63.3. The third-order valence-corrected chi connectivity index (χ3v) is 19.8. The van der Waals surface area contributed by atoms with Gasteiger partial charge in [0, 0.05) is 129 Å². The van der Waals surface area contributed by atoms with Crippen LogP contribution >= 0.6 is 0 Å². The monoisotopic (exact) mass is 1470 g/mol. The maximum Gasteiger partial charge on any atom is 0.320 e. The van der Waals surface area contributed by atoms with Crippen molar-refractivity contribution in [1.82, 2.24) is 59.7 Å². The van der Waals surface area contributed by atoms with E-state index in [0.29, 0.717) is 141 Å². The molecule has 107 heavy (non-hydrogen) atoms. The minimum absolute atomic E-state index is 0.0115. The number of aryl methyl sites for hydroxylation is 3. The molecule has 0 bridgehead atoms. The molecule has 6 aliphatic heterocycles. The molecule has 2 saturated heterocycles. The zero-order chi connectivity index (χ0) is 75.5. The molecular formula is C78H106N20O9. The Morgan fingerprint density at radius 3 is 1.26 bits per heavy atom. The Bertz CT molecular complexity index is 4160. The average Bonchev–Trinajstić information content (AvgIpc) is 1.22. The quantitative estimate of drug-likeness (QED) is 0.0369. The highest BCUT2D eigenvalue weighted by molar-refractivity contribution is 5.93. The van der Waals surface area contributed by atoms with E-state index in [-0.39, 0.29) is 73.1 Å². The van der Waals surface area contributed by atoms with Crippen LogP contribution in [-0.4, -0.2) is 174 Å². The Morgan fingerprint density at radius 1 is 0.477 bits per heavy atom. The van der Waals surface area contributed by atoms with Crippen molar-refractivity contribution in [3.8, 4) is 24.0 Å². The summed E-state index contributed by atoms with van der Waals surface area (Å²) < 4.78 is 28.3. The molecule has 14 rings (SSSR count). The number of carbonyl (C=O) groups excluding carboxylic acids is 4. The number of hydrogen-bond donors (Lipinski definition) is 4. The number of ketones is 4. The maximum absolute atomic E-state index is 12.3. The Hall–Kier alpha value is -10.0. The number of unbranched alkanes of at least 4 members (excludes halogenated alkanes) is 2. The van der Waals surface area contributed by atoms with Gasteiger partial charge in [-0.25, -0.2) is 0 Å². The van der Waals surface area contributed by atoms with E-state index in [2.05, 4.69) is 85.4 Å². The molecular weight excluding hydrogens is 1360 g/mol. The number of rotatable bonds is 26. The Morgan fingerprint density at radius 2 is 0.879 bits per heavy atom. The summed E-state index contributed by atoms with van der Waals surface area (Å²) >= 11 is 0. The molecule has 7 aromatic rings. The Labute approximate surface area is 627 Å². The second-order valence-electron chi connectivity index (χ2n) is 29.2. The van der Waals surface area contributed by atoms with Crippen LogP contribution in [0.15, 0.2) is 55.0 Å². The molecule has 7 aliphatic rings. The third-order valence-electron chi connectivity index (χ3n) is 19.8. The smallest absolute Gasteiger partial charge is 0.320 e. The number of nitrogens with zero attached hydrogens (tertiary/aromatic N) is 16. The molecule has 13 heterocycles. The first-order valence-electron chi connectivity index (χ1n) is 38.0. The summed E-state index contributed by atoms with van der Waals surface area (Å²) in [6.45, 7) is 24.7. The standard InChI is InChI=1S/C22H35N5O2.C19H23N5O3.C19H25N5O2.C18H23N5O2/c1-2-3-12-29-22-24-20(23)19-13-18(28)15-27(21(19)25-22)11-8-16-6-9-26(10-7-16)14-17-4-5-17;1-12-2-3-13(7-21-12)8-24-9-15(25)6-16-17(20)22-19(23-18(16)24)27-11-14-4-5-26-10-14;1-4-5-13(3)26-19-22-17(20)16-8-15(25)11-24(18(16)23-19)10-14-7-6-12(2)21-9-14;1-3-4-7-25-18-21-16(19)15-8-14(24)11-23(17(15)22-18)10-13-6-5-12(2)20-9-13/h16-17H,2-15H2,1H3,(H2,23,24,25);2-3,7,14H,4-6,8-11H2,1H3,(H2,20,22,23);6-7,9,13H,4-5,8,10-11H2,1-3H3,(H2,20,22,23);5-6,9H,3-4,7-8,10-11H2,1-2H3,(H2,19,21,22)/t;;13-;/m..0./s1. The minimum atomic E-state index is 0.0115. The van der Waals surface area contributed by atoms with Crippen LogP contribution in [0.5, 0.6) is 24.0 Å². The van der Waals surface area contributed by atoms with Crippen LogP contribution in [0, 0.1) is 38.5 Å². The topological polar surface area (TPSA) is 376 Å². The highest BCUT2D eigenvalue weighted by Gasteiger charge is 2.34. The van der Waals surface area contributed by atoms with Gasteiger partial charge in [-0.2, -0.15) is 39.9 Å². The molecule has 2 atom stereocenters. The van der Waals surface area contributed by atoms with Crippen molar-refractivity contribution < 1.29 is 42.9 Å². The van der Waals surface area contributed by atoms with Crippen LogP contribution in [0.3, 0.4) is 0 Å². The number of carbonyl (C=O) groups is 4. The molecule has 572 valence electrons. The normalized spacial score (nSPS) is 17.3. The number of piperidine rings is 1. The van der Waals surface area contributed by atoms with E-state index in [1.807, 2.05) is 97.4 Å². The Kier molecular flexibility index (Phi) is 27.3. The van der Waals surface area contributed by atoms with E-state index in [9.17, 15) is 19.2 Å². The van der Waals surface area contributed by atoms with Crippen LogP contribution in [-0.2, 0) is 69.2 Å². The summed E-state index contributed by atoms with van der Waals surface area (Å²) in [6, 6.07) is 13.0. The van der Waals surface area contributed by atoms with Gasteiger partial charge in [0.15, 0.2) is 23.1 Å². The number of fused-ring (bicyclic) bond motifs is 4. The van der Waals surface area contributed by atoms with Crippen LogP contribution < -0.4 is 61.5 Å². The van der Waals surface area contributed by atoms with Gasteiger partial charge in [0.25, 0.3) is 0 Å². The van der Waals surface area contributed by atoms with Gasteiger partial charge in [-0.05, 0) is 145 Å². The summed E-state index contributed by atoms with van der Waals surface area (Å²) in [5, 5.41) is 0. The van der Waals surface area contributed by atoms with E-state index >= 15 is 0 Å². The van der Waals surface area contributed by atoms with Crippen LogP contribution in [0.25, 0.3) is 0 Å². The van der Waals surface area contributed by atoms with Gasteiger partial charge in [0.2, 0.25) is 0 Å². The third kappa shape index (κ3) is 22.3. The van der Waals surface area contributed by atoms with Gasteiger partial charge in [-0.15, -0.1) is 0 Å². The van der Waals surface area contributed by atoms with Crippen LogP contribution in [0.4, 0.5) is 46.5 Å². The number of likely N-dealkylation sites (tertiary alicyclic amines) is 1. The van der Waals surface area contributed by atoms with Crippen LogP contribution in [0.1, 0.15) is 161 Å². The fraction of sp³-hybridized carbons (Fsp3) is 0.551. The van der Waals surface area contributed by atoms with Gasteiger partial charge in [-0.1, -0.05) is 58.2 Å². The molecule has 0 radical (unpaired) electrons. The predicted molar refractivity (Wildman–Crippen MR) is 410 cm³/mol. The van der Waals surface area contributed by atoms with Crippen molar-refractivity contribution in [3.05, 3.63) is 111 Å². The van der Waals surface area contributed by atoms with Gasteiger partial charge in [0.05, 0.1) is 58.7 Å². The van der Waals surface area contributed by atoms with E-state index in [1.54, 1.807) is 0 Å². The number of nitrogen functional groups attached to an aromatic ring is 4. The summed E-state index contributed by atoms with van der Waals surface area (Å²) in [6.07, 6.45) is 19.9. The van der Waals surface area contributed by atoms with Gasteiger partial charge < -0.3 is 71.1 Å². The molecule has 1 unspecified atom stereocenters. The first-order valence-corrected chi connectivity index (χ1v) is 38.0. The van der Waals surface area contributed by atoms with Crippen molar-refractivity contribution >= 4 is 69.7 Å². The molecule has 8 N–H and O–H groups in total. The molecule has 29 nitrogen and oxygen atoms in total. The number of nitrogens with two attached hydrogens (primary N) is 4. The average molecular weight is 1470 g/mol. The fourth-order valence-electron chi connectivity index (χ4n) is 13.7. The van der Waals surface area contributed by atoms with Crippen molar-refractivity contribution in [2.75, 3.05) is 128 Å². The highest BCUT2D eigenvalue weighted by Crippen LogP contribution is 2.37. The van der Waals surface area contributed by atoms with Crippen molar-refractivity contribution in [3.63, 3.8) is 0 Å². The summed E-state index contributed by atoms with van der Waals surface area (Å²) in [7, 11) is 0. The predicted octanol–water partition coefficient (Wildman–Crippen LogP) is 8.53. The molecule has 29 heteroatoms. The van der Waals surface area contributed by atoms with Crippen molar-refractivity contribution in [2.24, 2.45) is 17.8 Å². The van der Waals surface area contributed by atoms with E-state index < -0.39 is 0 Å². The first-order chi connectivity index (χ1) is 51.7. The summed E-state index contributed by atoms with van der Waals surface area (Å²) in [5.41, 5.74) is 33.1. The minimum Gasteiger partial charge on any atom is -0.463 e. The maximum atomic E-state index is 12.3. The second-order valence-corrected chi connectivity index (χ2v) is 29.2. The first kappa shape index (κ1) is 78.1.